The first-order chi connectivity index (χ1) is 6.61. The fourth-order valence-corrected chi connectivity index (χ4v) is 2.46. The third kappa shape index (κ3) is 1.28. The lowest BCUT2D eigenvalue weighted by molar-refractivity contribution is -0.386. The second-order valence-corrected chi connectivity index (χ2v) is 4.10. The Balaban J connectivity index is 2.67. The molecule has 0 atom stereocenters. The van der Waals surface area contributed by atoms with E-state index in [1.807, 2.05) is 0 Å². The molecule has 0 unspecified atom stereocenters. The second kappa shape index (κ2) is 3.24. The molecule has 14 heavy (non-hydrogen) atoms. The normalized spacial score (nSPS) is 14.1. The third-order valence-electron chi connectivity index (χ3n) is 2.48. The minimum absolute atomic E-state index is 0.211. The highest BCUT2D eigenvalue weighted by molar-refractivity contribution is 9.10. The van der Waals surface area contributed by atoms with E-state index in [2.05, 4.69) is 15.9 Å². The van der Waals surface area contributed by atoms with Gasteiger partial charge < -0.3 is 5.11 Å². The van der Waals surface area contributed by atoms with Gasteiger partial charge in [-0.2, -0.15) is 0 Å². The molecule has 0 saturated heterocycles. The lowest BCUT2D eigenvalue weighted by Gasteiger charge is -2.05. The number of aromatic hydroxyl groups is 1. The van der Waals surface area contributed by atoms with E-state index in [9.17, 15) is 15.2 Å². The van der Waals surface area contributed by atoms with Crippen molar-refractivity contribution in [3.8, 4) is 5.75 Å². The molecule has 2 rings (SSSR count). The molecule has 0 amide bonds. The Morgan fingerprint density at radius 2 is 2.21 bits per heavy atom. The van der Waals surface area contributed by atoms with Gasteiger partial charge in [-0.1, -0.05) is 0 Å². The van der Waals surface area contributed by atoms with Gasteiger partial charge in [-0.3, -0.25) is 10.1 Å². The van der Waals surface area contributed by atoms with Crippen molar-refractivity contribution in [3.63, 3.8) is 0 Å². The van der Waals surface area contributed by atoms with Gasteiger partial charge in [0.2, 0.25) is 5.75 Å². The van der Waals surface area contributed by atoms with Gasteiger partial charge in [0.1, 0.15) is 0 Å². The molecule has 0 heterocycles. The number of rotatable bonds is 1. The van der Waals surface area contributed by atoms with Gasteiger partial charge >= 0.3 is 5.69 Å². The summed E-state index contributed by atoms with van der Waals surface area (Å²) >= 11 is 3.20. The molecule has 0 radical (unpaired) electrons. The number of nitrogens with zero attached hydrogens (tertiary/aromatic N) is 1. The largest absolute Gasteiger partial charge is 0.501 e. The Morgan fingerprint density at radius 1 is 1.50 bits per heavy atom. The van der Waals surface area contributed by atoms with Crippen LogP contribution in [0.2, 0.25) is 0 Å². The van der Waals surface area contributed by atoms with Gasteiger partial charge in [-0.25, -0.2) is 0 Å². The quantitative estimate of drug-likeness (QED) is 0.621. The Kier molecular flexibility index (Phi) is 2.19. The van der Waals surface area contributed by atoms with Crippen molar-refractivity contribution in [1.29, 1.82) is 0 Å². The first-order valence-corrected chi connectivity index (χ1v) is 5.08. The molecule has 1 aromatic carbocycles. The fourth-order valence-electron chi connectivity index (χ4n) is 1.80. The summed E-state index contributed by atoms with van der Waals surface area (Å²) in [4.78, 5) is 10.0. The van der Waals surface area contributed by atoms with Crippen LogP contribution in [0.25, 0.3) is 0 Å². The van der Waals surface area contributed by atoms with Crippen molar-refractivity contribution in [1.82, 2.24) is 0 Å². The number of phenols is 1. The van der Waals surface area contributed by atoms with E-state index in [-0.39, 0.29) is 11.4 Å². The number of benzene rings is 1. The van der Waals surface area contributed by atoms with E-state index in [4.69, 9.17) is 0 Å². The molecule has 74 valence electrons. The molecular formula is C9H8BrNO3. The summed E-state index contributed by atoms with van der Waals surface area (Å²) in [7, 11) is 0. The van der Waals surface area contributed by atoms with E-state index < -0.39 is 4.92 Å². The van der Waals surface area contributed by atoms with Crippen LogP contribution in [0.15, 0.2) is 10.5 Å². The molecule has 5 heteroatoms. The Hall–Kier alpha value is -1.10. The van der Waals surface area contributed by atoms with Crippen LogP contribution in [0, 0.1) is 10.1 Å². The minimum atomic E-state index is -0.557. The molecule has 4 nitrogen and oxygen atoms in total. The molecule has 0 saturated carbocycles. The molecule has 1 aliphatic carbocycles. The number of halogens is 1. The topological polar surface area (TPSA) is 63.4 Å². The number of fused-ring (bicyclic) bond motifs is 1. The lowest BCUT2D eigenvalue weighted by Crippen LogP contribution is -1.93. The van der Waals surface area contributed by atoms with E-state index >= 15 is 0 Å². The number of nitro groups is 1. The Morgan fingerprint density at radius 3 is 2.86 bits per heavy atom. The monoisotopic (exact) mass is 257 g/mol. The van der Waals surface area contributed by atoms with Crippen LogP contribution in [0.4, 0.5) is 5.69 Å². The summed E-state index contributed by atoms with van der Waals surface area (Å²) in [5.74, 6) is -0.254. The molecule has 0 fully saturated rings. The molecule has 0 aliphatic heterocycles. The highest BCUT2D eigenvalue weighted by Gasteiger charge is 2.24. The summed E-state index contributed by atoms with van der Waals surface area (Å²) in [6, 6.07) is 1.47. The lowest BCUT2D eigenvalue weighted by atomic mass is 10.1. The zero-order chi connectivity index (χ0) is 10.3. The molecule has 1 aliphatic rings. The van der Waals surface area contributed by atoms with Crippen molar-refractivity contribution in [3.05, 3.63) is 31.8 Å². The van der Waals surface area contributed by atoms with Gasteiger partial charge in [0, 0.05) is 6.07 Å². The van der Waals surface area contributed by atoms with Crippen LogP contribution in [0.3, 0.4) is 0 Å². The fraction of sp³-hybridized carbons (Fsp3) is 0.333. The Bertz CT molecular complexity index is 417. The number of aryl methyl sites for hydroxylation is 1. The predicted octanol–water partition coefficient (Wildman–Crippen LogP) is 2.55. The first kappa shape index (κ1) is 9.45. The van der Waals surface area contributed by atoms with Crippen LogP contribution in [0.1, 0.15) is 17.5 Å². The van der Waals surface area contributed by atoms with Gasteiger partial charge in [-0.05, 0) is 46.3 Å². The smallest absolute Gasteiger partial charge is 0.312 e. The highest BCUT2D eigenvalue weighted by atomic mass is 79.9. The van der Waals surface area contributed by atoms with E-state index in [1.165, 1.54) is 6.07 Å². The van der Waals surface area contributed by atoms with E-state index in [0.717, 1.165) is 30.4 Å². The maximum absolute atomic E-state index is 10.6. The van der Waals surface area contributed by atoms with Crippen LogP contribution in [-0.2, 0) is 12.8 Å². The molecule has 0 bridgehead atoms. The molecule has 1 N–H and O–H groups in total. The average molecular weight is 258 g/mol. The van der Waals surface area contributed by atoms with Crippen molar-refractivity contribution in [2.24, 2.45) is 0 Å². The van der Waals surface area contributed by atoms with Gasteiger partial charge in [-0.15, -0.1) is 0 Å². The number of phenolic OH excluding ortho intramolecular Hbond substituents is 1. The van der Waals surface area contributed by atoms with Gasteiger partial charge in [0.25, 0.3) is 0 Å². The molecule has 0 aromatic heterocycles. The maximum atomic E-state index is 10.6. The summed E-state index contributed by atoms with van der Waals surface area (Å²) in [6.45, 7) is 0. The minimum Gasteiger partial charge on any atom is -0.501 e. The molecular weight excluding hydrogens is 250 g/mol. The highest BCUT2D eigenvalue weighted by Crippen LogP contribution is 2.41. The van der Waals surface area contributed by atoms with Crippen molar-refractivity contribution in [2.45, 2.75) is 19.3 Å². The van der Waals surface area contributed by atoms with Crippen molar-refractivity contribution < 1.29 is 10.0 Å². The second-order valence-electron chi connectivity index (χ2n) is 3.31. The van der Waals surface area contributed by atoms with Crippen LogP contribution in [-0.4, -0.2) is 10.0 Å². The van der Waals surface area contributed by atoms with Crippen LogP contribution < -0.4 is 0 Å². The van der Waals surface area contributed by atoms with Crippen molar-refractivity contribution in [2.75, 3.05) is 0 Å². The summed E-state index contributed by atoms with van der Waals surface area (Å²) in [6.07, 6.45) is 2.73. The molecule has 0 spiro atoms. The first-order valence-electron chi connectivity index (χ1n) is 4.29. The SMILES string of the molecule is O=[N+]([O-])c1cc2c(c(Br)c1O)CCC2. The van der Waals surface area contributed by atoms with Crippen LogP contribution >= 0.6 is 15.9 Å². The maximum Gasteiger partial charge on any atom is 0.312 e. The number of nitro benzene ring substituents is 1. The predicted molar refractivity (Wildman–Crippen MR) is 54.5 cm³/mol. The summed E-state index contributed by atoms with van der Waals surface area (Å²) in [5, 5.41) is 20.1. The van der Waals surface area contributed by atoms with E-state index in [1.54, 1.807) is 0 Å². The summed E-state index contributed by atoms with van der Waals surface area (Å²) < 4.78 is 0.485. The van der Waals surface area contributed by atoms with Crippen molar-refractivity contribution >= 4 is 21.6 Å². The molecule has 1 aromatic rings. The van der Waals surface area contributed by atoms with Gasteiger partial charge in [0.05, 0.1) is 9.40 Å². The Labute approximate surface area is 88.8 Å². The summed E-state index contributed by atoms with van der Waals surface area (Å²) in [5.41, 5.74) is 1.77. The van der Waals surface area contributed by atoms with Crippen LogP contribution in [0.5, 0.6) is 5.75 Å². The van der Waals surface area contributed by atoms with Gasteiger partial charge in [0.15, 0.2) is 0 Å². The number of hydrogen-bond donors (Lipinski definition) is 1. The third-order valence-corrected chi connectivity index (χ3v) is 3.34. The standard InChI is InChI=1S/C9H8BrNO3/c10-8-6-3-1-2-5(6)4-7(9(8)12)11(13)14/h4,12H,1-3H2. The zero-order valence-electron chi connectivity index (χ0n) is 7.29. The van der Waals surface area contributed by atoms with E-state index in [0.29, 0.717) is 4.47 Å². The average Bonchev–Trinajstić information content (AvgIpc) is 2.58. The zero-order valence-corrected chi connectivity index (χ0v) is 8.87. The number of hydrogen-bond acceptors (Lipinski definition) is 3.